The molecule has 168 valence electrons. The van der Waals surface area contributed by atoms with Crippen molar-refractivity contribution in [3.63, 3.8) is 0 Å². The van der Waals surface area contributed by atoms with E-state index in [0.717, 1.165) is 52.7 Å². The van der Waals surface area contributed by atoms with E-state index in [0.29, 0.717) is 13.2 Å². The Morgan fingerprint density at radius 3 is 2.09 bits per heavy atom. The molecule has 1 atom stereocenters. The molecule has 0 aliphatic carbocycles. The normalized spacial score (nSPS) is 15.1. The lowest BCUT2D eigenvalue weighted by atomic mass is 9.87. The lowest BCUT2D eigenvalue weighted by Crippen LogP contribution is -2.31. The minimum absolute atomic E-state index is 0.0395. The zero-order valence-electron chi connectivity index (χ0n) is 19.2. The summed E-state index contributed by atoms with van der Waals surface area (Å²) < 4.78 is 23.4. The first-order valence-electron chi connectivity index (χ1n) is 11.2. The van der Waals surface area contributed by atoms with Gasteiger partial charge in [-0.2, -0.15) is 0 Å². The summed E-state index contributed by atoms with van der Waals surface area (Å²) >= 11 is 0. The Hall–Kier alpha value is -3.18. The molecule has 3 aromatic carbocycles. The topological polar surface area (TPSA) is 49.0 Å². The molecule has 4 rings (SSSR count). The molecule has 0 aromatic heterocycles. The van der Waals surface area contributed by atoms with Gasteiger partial charge in [0, 0.05) is 17.7 Å². The van der Waals surface area contributed by atoms with E-state index in [1.165, 1.54) is 11.1 Å². The first-order valence-corrected chi connectivity index (χ1v) is 11.2. The van der Waals surface area contributed by atoms with Crippen LogP contribution < -0.4 is 24.3 Å². The zero-order chi connectivity index (χ0) is 22.5. The number of ether oxygens (including phenoxy) is 4. The van der Waals surface area contributed by atoms with E-state index in [1.807, 2.05) is 32.0 Å². The van der Waals surface area contributed by atoms with Gasteiger partial charge >= 0.3 is 0 Å². The fraction of sp³-hybridized carbons (Fsp3) is 0.333. The van der Waals surface area contributed by atoms with Crippen LogP contribution in [0.15, 0.2) is 54.6 Å². The number of hydrogen-bond acceptors (Lipinski definition) is 5. The first-order chi connectivity index (χ1) is 15.7. The highest BCUT2D eigenvalue weighted by molar-refractivity contribution is 5.74. The van der Waals surface area contributed by atoms with Gasteiger partial charge in [0.05, 0.1) is 33.5 Å². The van der Waals surface area contributed by atoms with Crippen LogP contribution in [0.1, 0.15) is 36.6 Å². The smallest absolute Gasteiger partial charge is 0.161 e. The van der Waals surface area contributed by atoms with Crippen molar-refractivity contribution in [2.24, 2.45) is 0 Å². The van der Waals surface area contributed by atoms with Crippen LogP contribution in [0.2, 0.25) is 0 Å². The number of benzene rings is 3. The second-order valence-corrected chi connectivity index (χ2v) is 7.66. The predicted molar refractivity (Wildman–Crippen MR) is 127 cm³/mol. The molecule has 5 heteroatoms. The molecular formula is C27H31NO4. The van der Waals surface area contributed by atoms with E-state index in [4.69, 9.17) is 18.9 Å². The van der Waals surface area contributed by atoms with Crippen molar-refractivity contribution < 1.29 is 18.9 Å². The van der Waals surface area contributed by atoms with Crippen LogP contribution in [0.3, 0.4) is 0 Å². The summed E-state index contributed by atoms with van der Waals surface area (Å²) in [5, 5.41) is 3.67. The number of nitrogens with one attached hydrogen (secondary N) is 1. The first kappa shape index (κ1) is 22.0. The molecule has 0 fully saturated rings. The summed E-state index contributed by atoms with van der Waals surface area (Å²) in [6.45, 7) is 6.03. The van der Waals surface area contributed by atoms with Gasteiger partial charge in [0.15, 0.2) is 11.5 Å². The zero-order valence-corrected chi connectivity index (χ0v) is 19.2. The van der Waals surface area contributed by atoms with Gasteiger partial charge in [-0.05, 0) is 61.2 Å². The van der Waals surface area contributed by atoms with Crippen LogP contribution in [-0.2, 0) is 6.42 Å². The lowest BCUT2D eigenvalue weighted by Gasteiger charge is -2.30. The SMILES string of the molecule is CCOc1cc2c(cc1OCC)C(c1cc(OC)c(-c3ccccc3)cc1OC)NCC2. The highest BCUT2D eigenvalue weighted by Crippen LogP contribution is 2.43. The summed E-state index contributed by atoms with van der Waals surface area (Å²) in [7, 11) is 3.43. The predicted octanol–water partition coefficient (Wildman–Crippen LogP) is 5.40. The van der Waals surface area contributed by atoms with E-state index in [9.17, 15) is 0 Å². The van der Waals surface area contributed by atoms with Crippen molar-refractivity contribution in [3.05, 3.63) is 71.3 Å². The average Bonchev–Trinajstić information content (AvgIpc) is 2.84. The van der Waals surface area contributed by atoms with Crippen LogP contribution in [0.25, 0.3) is 11.1 Å². The minimum Gasteiger partial charge on any atom is -0.496 e. The van der Waals surface area contributed by atoms with Crippen molar-refractivity contribution in [3.8, 4) is 34.1 Å². The third kappa shape index (κ3) is 4.26. The molecule has 0 saturated heterocycles. The fourth-order valence-electron chi connectivity index (χ4n) is 4.37. The summed E-state index contributed by atoms with van der Waals surface area (Å²) in [6, 6.07) is 18.6. The number of rotatable bonds is 8. The van der Waals surface area contributed by atoms with Crippen molar-refractivity contribution in [1.29, 1.82) is 0 Å². The summed E-state index contributed by atoms with van der Waals surface area (Å²) in [6.07, 6.45) is 0.930. The fourth-order valence-corrected chi connectivity index (χ4v) is 4.37. The van der Waals surface area contributed by atoms with Crippen LogP contribution in [0.5, 0.6) is 23.0 Å². The molecule has 0 bridgehead atoms. The standard InChI is InChI=1S/C27H31NO4/c1-5-31-25-14-19-12-13-28-27(21(19)16-26(25)32-6-2)22-17-23(29-3)20(15-24(22)30-4)18-10-8-7-9-11-18/h7-11,14-17,27-28H,5-6,12-13H2,1-4H3. The highest BCUT2D eigenvalue weighted by atomic mass is 16.5. The maximum Gasteiger partial charge on any atom is 0.161 e. The maximum atomic E-state index is 5.91. The Morgan fingerprint density at radius 1 is 0.781 bits per heavy atom. The van der Waals surface area contributed by atoms with Crippen molar-refractivity contribution in [2.45, 2.75) is 26.3 Å². The molecule has 1 aliphatic heterocycles. The highest BCUT2D eigenvalue weighted by Gasteiger charge is 2.28. The molecule has 0 spiro atoms. The molecule has 1 unspecified atom stereocenters. The van der Waals surface area contributed by atoms with E-state index >= 15 is 0 Å². The number of hydrogen-bond donors (Lipinski definition) is 1. The number of fused-ring (bicyclic) bond motifs is 1. The second kappa shape index (κ2) is 9.96. The van der Waals surface area contributed by atoms with E-state index in [2.05, 4.69) is 41.7 Å². The monoisotopic (exact) mass is 433 g/mol. The quantitative estimate of drug-likeness (QED) is 0.515. The van der Waals surface area contributed by atoms with Gasteiger partial charge < -0.3 is 24.3 Å². The van der Waals surface area contributed by atoms with Crippen LogP contribution in [0.4, 0.5) is 0 Å². The number of methoxy groups -OCH3 is 2. The summed E-state index contributed by atoms with van der Waals surface area (Å²) in [5.41, 5.74) is 5.57. The van der Waals surface area contributed by atoms with Crippen molar-refractivity contribution >= 4 is 0 Å². The summed E-state index contributed by atoms with van der Waals surface area (Å²) in [4.78, 5) is 0. The third-order valence-electron chi connectivity index (χ3n) is 5.81. The van der Waals surface area contributed by atoms with Crippen LogP contribution in [-0.4, -0.2) is 34.0 Å². The Labute approximate surface area is 190 Å². The van der Waals surface area contributed by atoms with Gasteiger partial charge in [-0.25, -0.2) is 0 Å². The van der Waals surface area contributed by atoms with Gasteiger partial charge in [0.25, 0.3) is 0 Å². The van der Waals surface area contributed by atoms with Gasteiger partial charge in [0.2, 0.25) is 0 Å². The molecule has 1 N–H and O–H groups in total. The Balaban J connectivity index is 1.83. The Morgan fingerprint density at radius 2 is 1.44 bits per heavy atom. The van der Waals surface area contributed by atoms with Crippen LogP contribution >= 0.6 is 0 Å². The molecular weight excluding hydrogens is 402 g/mol. The Kier molecular flexibility index (Phi) is 6.86. The minimum atomic E-state index is -0.0395. The molecule has 0 radical (unpaired) electrons. The molecule has 3 aromatic rings. The molecule has 0 saturated carbocycles. The maximum absolute atomic E-state index is 5.91. The molecule has 1 aliphatic rings. The molecule has 5 nitrogen and oxygen atoms in total. The molecule has 1 heterocycles. The lowest BCUT2D eigenvalue weighted by molar-refractivity contribution is 0.286. The third-order valence-corrected chi connectivity index (χ3v) is 5.81. The average molecular weight is 434 g/mol. The second-order valence-electron chi connectivity index (χ2n) is 7.66. The Bertz CT molecular complexity index is 1060. The summed E-state index contributed by atoms with van der Waals surface area (Å²) in [5.74, 6) is 3.21. The van der Waals surface area contributed by atoms with Crippen LogP contribution in [0, 0.1) is 0 Å². The van der Waals surface area contributed by atoms with E-state index in [1.54, 1.807) is 14.2 Å². The van der Waals surface area contributed by atoms with E-state index < -0.39 is 0 Å². The van der Waals surface area contributed by atoms with Crippen molar-refractivity contribution in [2.75, 3.05) is 34.0 Å². The van der Waals surface area contributed by atoms with Crippen molar-refractivity contribution in [1.82, 2.24) is 5.32 Å². The molecule has 32 heavy (non-hydrogen) atoms. The largest absolute Gasteiger partial charge is 0.496 e. The van der Waals surface area contributed by atoms with Gasteiger partial charge in [-0.15, -0.1) is 0 Å². The van der Waals surface area contributed by atoms with E-state index in [-0.39, 0.29) is 6.04 Å². The van der Waals surface area contributed by atoms with Gasteiger partial charge in [0.1, 0.15) is 11.5 Å². The van der Waals surface area contributed by atoms with Gasteiger partial charge in [-0.1, -0.05) is 30.3 Å². The molecule has 0 amide bonds. The van der Waals surface area contributed by atoms with Gasteiger partial charge in [-0.3, -0.25) is 0 Å².